The molecule has 3 aromatic carbocycles. The quantitative estimate of drug-likeness (QED) is 0.276. The van der Waals surface area contributed by atoms with Gasteiger partial charge in [-0.3, -0.25) is 19.7 Å². The predicted octanol–water partition coefficient (Wildman–Crippen LogP) is 4.90. The highest BCUT2D eigenvalue weighted by Crippen LogP contribution is 2.23. The highest BCUT2D eigenvalue weighted by atomic mass is 16.6. The van der Waals surface area contributed by atoms with E-state index in [-0.39, 0.29) is 17.5 Å². The van der Waals surface area contributed by atoms with E-state index in [4.69, 9.17) is 0 Å². The number of non-ortho nitro benzene ring substituents is 1. The van der Waals surface area contributed by atoms with Crippen molar-refractivity contribution in [3.63, 3.8) is 0 Å². The summed E-state index contributed by atoms with van der Waals surface area (Å²) in [4.78, 5) is 36.0. The summed E-state index contributed by atoms with van der Waals surface area (Å²) in [6.45, 7) is 6.39. The van der Waals surface area contributed by atoms with Gasteiger partial charge in [0.15, 0.2) is 0 Å². The molecule has 1 unspecified atom stereocenters. The van der Waals surface area contributed by atoms with Crippen LogP contribution in [-0.2, 0) is 10.2 Å². The molecule has 1 atom stereocenters. The summed E-state index contributed by atoms with van der Waals surface area (Å²) in [6.07, 6.45) is 1.38. The summed E-state index contributed by atoms with van der Waals surface area (Å²) < 4.78 is 0. The Morgan fingerprint density at radius 2 is 1.69 bits per heavy atom. The first-order valence-electron chi connectivity index (χ1n) is 11.2. The van der Waals surface area contributed by atoms with Gasteiger partial charge in [-0.1, -0.05) is 75.4 Å². The van der Waals surface area contributed by atoms with Gasteiger partial charge < -0.3 is 5.32 Å². The molecule has 0 aliphatic carbocycles. The Morgan fingerprint density at radius 1 is 1.00 bits per heavy atom. The lowest BCUT2D eigenvalue weighted by atomic mass is 9.87. The number of hydrazone groups is 1. The molecule has 0 fully saturated rings. The van der Waals surface area contributed by atoms with Gasteiger partial charge in [0.25, 0.3) is 11.6 Å². The zero-order chi connectivity index (χ0) is 25.4. The lowest BCUT2D eigenvalue weighted by molar-refractivity contribution is -0.384. The molecule has 0 aliphatic heterocycles. The fourth-order valence-electron chi connectivity index (χ4n) is 3.42. The van der Waals surface area contributed by atoms with E-state index in [2.05, 4.69) is 36.6 Å². The molecule has 3 rings (SSSR count). The fourth-order valence-corrected chi connectivity index (χ4v) is 3.42. The second kappa shape index (κ2) is 11.2. The van der Waals surface area contributed by atoms with Gasteiger partial charge >= 0.3 is 0 Å². The van der Waals surface area contributed by atoms with Gasteiger partial charge in [-0.25, -0.2) is 5.43 Å². The zero-order valence-corrected chi connectivity index (χ0v) is 19.9. The maximum absolute atomic E-state index is 12.7. The van der Waals surface area contributed by atoms with Crippen molar-refractivity contribution in [1.82, 2.24) is 10.7 Å². The van der Waals surface area contributed by atoms with Gasteiger partial charge in [-0.2, -0.15) is 5.10 Å². The third kappa shape index (κ3) is 7.33. The number of nitrogens with zero attached hydrogens (tertiary/aromatic N) is 2. The summed E-state index contributed by atoms with van der Waals surface area (Å²) in [5.74, 6) is -0.838. The van der Waals surface area contributed by atoms with Crippen molar-refractivity contribution in [3.05, 3.63) is 111 Å². The third-order valence-corrected chi connectivity index (χ3v) is 5.39. The smallest absolute Gasteiger partial charge is 0.269 e. The van der Waals surface area contributed by atoms with Crippen LogP contribution >= 0.6 is 0 Å². The molecule has 0 aromatic heterocycles. The SMILES string of the molecule is CC(C)(C)c1ccc(C=NNC(=O)CC(NC(=O)c2ccccc2)c2cccc([N+](=O)[O-])c2)cc1. The number of nitrogens with one attached hydrogen (secondary N) is 2. The van der Waals surface area contributed by atoms with E-state index in [1.165, 1.54) is 30.0 Å². The standard InChI is InChI=1S/C27H28N4O4/c1-27(2,3)22-14-12-19(13-15-22)18-28-30-25(32)17-24(21-10-7-11-23(16-21)31(34)35)29-26(33)20-8-5-4-6-9-20/h4-16,18,24H,17H2,1-3H3,(H,29,33)(H,30,32). The van der Waals surface area contributed by atoms with Crippen LogP contribution in [0.15, 0.2) is 84.0 Å². The molecule has 0 saturated heterocycles. The average Bonchev–Trinajstić information content (AvgIpc) is 2.84. The van der Waals surface area contributed by atoms with E-state index in [0.717, 1.165) is 5.56 Å². The number of rotatable bonds is 8. The molecular weight excluding hydrogens is 444 g/mol. The largest absolute Gasteiger partial charge is 0.345 e. The second-order valence-electron chi connectivity index (χ2n) is 9.11. The molecule has 0 aliphatic rings. The molecule has 180 valence electrons. The summed E-state index contributed by atoms with van der Waals surface area (Å²) in [5, 5.41) is 18.0. The molecule has 0 heterocycles. The van der Waals surface area contributed by atoms with Crippen molar-refractivity contribution in [1.29, 1.82) is 0 Å². The number of carbonyl (C=O) groups excluding carboxylic acids is 2. The molecule has 2 amide bonds. The van der Waals surface area contributed by atoms with Gasteiger partial charge in [0.2, 0.25) is 5.91 Å². The average molecular weight is 473 g/mol. The van der Waals surface area contributed by atoms with Gasteiger partial charge in [-0.05, 0) is 34.2 Å². The van der Waals surface area contributed by atoms with Crippen molar-refractivity contribution in [2.24, 2.45) is 5.10 Å². The molecule has 8 nitrogen and oxygen atoms in total. The van der Waals surface area contributed by atoms with Crippen molar-refractivity contribution in [2.75, 3.05) is 0 Å². The number of nitro benzene ring substituents is 1. The first kappa shape index (κ1) is 25.3. The summed E-state index contributed by atoms with van der Waals surface area (Å²) in [7, 11) is 0. The first-order valence-corrected chi connectivity index (χ1v) is 11.2. The first-order chi connectivity index (χ1) is 16.6. The zero-order valence-electron chi connectivity index (χ0n) is 19.9. The van der Waals surface area contributed by atoms with Gasteiger partial charge in [-0.15, -0.1) is 0 Å². The number of nitro groups is 1. The lowest BCUT2D eigenvalue weighted by Crippen LogP contribution is -2.32. The number of amides is 2. The fraction of sp³-hybridized carbons (Fsp3) is 0.222. The molecule has 0 bridgehead atoms. The molecule has 0 radical (unpaired) electrons. The van der Waals surface area contributed by atoms with Crippen LogP contribution in [0, 0.1) is 10.1 Å². The molecule has 35 heavy (non-hydrogen) atoms. The number of carbonyl (C=O) groups is 2. The van der Waals surface area contributed by atoms with Crippen molar-refractivity contribution < 1.29 is 14.5 Å². The number of hydrogen-bond donors (Lipinski definition) is 2. The second-order valence-corrected chi connectivity index (χ2v) is 9.11. The van der Waals surface area contributed by atoms with Crippen molar-refractivity contribution >= 4 is 23.7 Å². The monoisotopic (exact) mass is 472 g/mol. The van der Waals surface area contributed by atoms with Crippen LogP contribution in [-0.4, -0.2) is 23.0 Å². The molecule has 0 spiro atoms. The number of benzene rings is 3. The molecule has 2 N–H and O–H groups in total. The van der Waals surface area contributed by atoms with Crippen LogP contribution in [0.2, 0.25) is 0 Å². The van der Waals surface area contributed by atoms with E-state index in [0.29, 0.717) is 11.1 Å². The minimum atomic E-state index is -0.788. The van der Waals surface area contributed by atoms with E-state index >= 15 is 0 Å². The van der Waals surface area contributed by atoms with Gasteiger partial charge in [0.1, 0.15) is 0 Å². The van der Waals surface area contributed by atoms with Crippen molar-refractivity contribution in [2.45, 2.75) is 38.6 Å². The van der Waals surface area contributed by atoms with Crippen LogP contribution in [0.5, 0.6) is 0 Å². The molecule has 0 saturated carbocycles. The minimum absolute atomic E-state index is 0.0373. The highest BCUT2D eigenvalue weighted by molar-refractivity contribution is 5.94. The minimum Gasteiger partial charge on any atom is -0.345 e. The Hall–Kier alpha value is -4.33. The maximum atomic E-state index is 12.7. The van der Waals surface area contributed by atoms with E-state index in [1.54, 1.807) is 36.4 Å². The Morgan fingerprint density at radius 3 is 2.31 bits per heavy atom. The molecule has 8 heteroatoms. The third-order valence-electron chi connectivity index (χ3n) is 5.39. The number of hydrogen-bond acceptors (Lipinski definition) is 5. The van der Waals surface area contributed by atoms with Crippen molar-refractivity contribution in [3.8, 4) is 0 Å². The summed E-state index contributed by atoms with van der Waals surface area (Å²) >= 11 is 0. The Kier molecular flexibility index (Phi) is 8.09. The highest BCUT2D eigenvalue weighted by Gasteiger charge is 2.21. The Labute approximate surface area is 204 Å². The Balaban J connectivity index is 1.72. The van der Waals surface area contributed by atoms with Crippen LogP contribution in [0.1, 0.15) is 60.3 Å². The molecular formula is C27H28N4O4. The Bertz CT molecular complexity index is 1220. The van der Waals surface area contributed by atoms with Crippen LogP contribution in [0.25, 0.3) is 0 Å². The van der Waals surface area contributed by atoms with E-state index in [9.17, 15) is 19.7 Å². The predicted molar refractivity (Wildman–Crippen MR) is 135 cm³/mol. The maximum Gasteiger partial charge on any atom is 0.269 e. The van der Waals surface area contributed by atoms with E-state index < -0.39 is 22.8 Å². The van der Waals surface area contributed by atoms with Crippen LogP contribution < -0.4 is 10.7 Å². The van der Waals surface area contributed by atoms with Crippen LogP contribution in [0.4, 0.5) is 5.69 Å². The summed E-state index contributed by atoms with van der Waals surface area (Å²) in [5.41, 5.74) is 5.26. The topological polar surface area (TPSA) is 114 Å². The van der Waals surface area contributed by atoms with Gasteiger partial charge in [0, 0.05) is 17.7 Å². The van der Waals surface area contributed by atoms with Crippen LogP contribution in [0.3, 0.4) is 0 Å². The molecule has 3 aromatic rings. The van der Waals surface area contributed by atoms with Gasteiger partial charge in [0.05, 0.1) is 23.6 Å². The lowest BCUT2D eigenvalue weighted by Gasteiger charge is -2.19. The normalized spacial score (nSPS) is 12.2. The summed E-state index contributed by atoms with van der Waals surface area (Å²) in [6, 6.07) is 21.5. The van der Waals surface area contributed by atoms with E-state index in [1.807, 2.05) is 24.3 Å².